The number of piperidine rings is 1. The molecular formula is C26H27ClF2N4O2. The molecule has 1 amide bonds. The predicted molar refractivity (Wildman–Crippen MR) is 133 cm³/mol. The molecule has 4 rings (SSSR count). The van der Waals surface area contributed by atoms with Gasteiger partial charge >= 0.3 is 0 Å². The van der Waals surface area contributed by atoms with Gasteiger partial charge in [-0.05, 0) is 68.9 Å². The lowest BCUT2D eigenvalue weighted by Crippen LogP contribution is -2.43. The molecule has 9 heteroatoms. The zero-order valence-electron chi connectivity index (χ0n) is 19.4. The van der Waals surface area contributed by atoms with Gasteiger partial charge in [-0.1, -0.05) is 23.7 Å². The number of aromatic nitrogens is 1. The predicted octanol–water partition coefficient (Wildman–Crippen LogP) is 4.71. The van der Waals surface area contributed by atoms with Gasteiger partial charge in [-0.3, -0.25) is 4.79 Å². The maximum atomic E-state index is 14.0. The molecule has 6 nitrogen and oxygen atoms in total. The summed E-state index contributed by atoms with van der Waals surface area (Å²) in [6, 6.07) is 11.1. The third kappa shape index (κ3) is 6.07. The summed E-state index contributed by atoms with van der Waals surface area (Å²) >= 11 is 5.88. The van der Waals surface area contributed by atoms with Crippen LogP contribution in [0.15, 0.2) is 48.7 Å². The first-order valence-electron chi connectivity index (χ1n) is 11.4. The van der Waals surface area contributed by atoms with E-state index in [1.807, 2.05) is 12.1 Å². The van der Waals surface area contributed by atoms with Gasteiger partial charge in [-0.25, -0.2) is 13.8 Å². The fourth-order valence-electron chi connectivity index (χ4n) is 4.05. The Morgan fingerprint density at radius 1 is 1.17 bits per heavy atom. The third-order valence-corrected chi connectivity index (χ3v) is 6.55. The van der Waals surface area contributed by atoms with Crippen LogP contribution in [-0.2, 0) is 6.42 Å². The summed E-state index contributed by atoms with van der Waals surface area (Å²) in [6.45, 7) is 1.94. The number of benzene rings is 2. The molecule has 0 bridgehead atoms. The van der Waals surface area contributed by atoms with E-state index in [4.69, 9.17) is 22.1 Å². The van der Waals surface area contributed by atoms with Crippen LogP contribution in [0.3, 0.4) is 0 Å². The van der Waals surface area contributed by atoms with Crippen molar-refractivity contribution in [2.45, 2.75) is 25.3 Å². The molecule has 3 N–H and O–H groups in total. The number of ether oxygens (including phenoxy) is 1. The van der Waals surface area contributed by atoms with Crippen LogP contribution in [0.5, 0.6) is 5.75 Å². The van der Waals surface area contributed by atoms with Gasteiger partial charge in [0.05, 0.1) is 11.6 Å². The fraction of sp³-hybridized carbons (Fsp3) is 0.308. The number of anilines is 1. The number of nitrogens with zero attached hydrogens (tertiary/aromatic N) is 2. The van der Waals surface area contributed by atoms with Crippen molar-refractivity contribution in [3.8, 4) is 16.9 Å². The fourth-order valence-corrected chi connectivity index (χ4v) is 4.30. The van der Waals surface area contributed by atoms with Gasteiger partial charge in [0.25, 0.3) is 5.91 Å². The third-order valence-electron chi connectivity index (χ3n) is 6.14. The Kier molecular flexibility index (Phi) is 7.83. The van der Waals surface area contributed by atoms with Gasteiger partial charge < -0.3 is 20.7 Å². The van der Waals surface area contributed by atoms with Crippen molar-refractivity contribution in [2.24, 2.45) is 0 Å². The average Bonchev–Trinajstić information content (AvgIpc) is 2.86. The van der Waals surface area contributed by atoms with Crippen LogP contribution < -0.4 is 15.8 Å². The van der Waals surface area contributed by atoms with Crippen molar-refractivity contribution >= 4 is 23.3 Å². The van der Waals surface area contributed by atoms with Crippen LogP contribution >= 0.6 is 11.6 Å². The van der Waals surface area contributed by atoms with Crippen LogP contribution in [0.2, 0.25) is 5.02 Å². The van der Waals surface area contributed by atoms with Crippen molar-refractivity contribution in [2.75, 3.05) is 32.5 Å². The number of rotatable bonds is 7. The first-order chi connectivity index (χ1) is 16.8. The summed E-state index contributed by atoms with van der Waals surface area (Å²) in [5, 5.41) is 2.86. The standard InChI is InChI=1S/C26H27ClF2N4O2/c1-33-10-7-19(8-11-33)32-26(34)17-4-2-3-16(13-17)18-14-23(25(30)31-15-18)35-12-9-20-21(28)5-6-22(29)24(20)27/h2-6,13-15,19H,7-12H2,1H3,(H2,30,31)(H,32,34). The van der Waals surface area contributed by atoms with Crippen LogP contribution in [0.4, 0.5) is 14.6 Å². The number of likely N-dealkylation sites (tertiary alicyclic amines) is 1. The molecule has 35 heavy (non-hydrogen) atoms. The van der Waals surface area contributed by atoms with E-state index in [0.29, 0.717) is 16.9 Å². The number of halogens is 3. The van der Waals surface area contributed by atoms with E-state index in [9.17, 15) is 13.6 Å². The summed E-state index contributed by atoms with van der Waals surface area (Å²) < 4.78 is 33.4. The van der Waals surface area contributed by atoms with Crippen molar-refractivity contribution < 1.29 is 18.3 Å². The lowest BCUT2D eigenvalue weighted by atomic mass is 10.0. The lowest BCUT2D eigenvalue weighted by molar-refractivity contribution is 0.0917. The molecule has 1 fully saturated rings. The molecule has 1 aromatic heterocycles. The van der Waals surface area contributed by atoms with Gasteiger partial charge in [0, 0.05) is 35.3 Å². The van der Waals surface area contributed by atoms with E-state index in [2.05, 4.69) is 22.2 Å². The number of carbonyl (C=O) groups excluding carboxylic acids is 1. The highest BCUT2D eigenvalue weighted by molar-refractivity contribution is 6.31. The van der Waals surface area contributed by atoms with Crippen molar-refractivity contribution in [1.82, 2.24) is 15.2 Å². The van der Waals surface area contributed by atoms with Gasteiger partial charge in [0.1, 0.15) is 11.6 Å². The van der Waals surface area contributed by atoms with Gasteiger partial charge in [0.15, 0.2) is 11.6 Å². The molecule has 184 valence electrons. The number of nitrogens with two attached hydrogens (primary N) is 1. The Morgan fingerprint density at radius 2 is 1.91 bits per heavy atom. The molecule has 0 radical (unpaired) electrons. The highest BCUT2D eigenvalue weighted by Gasteiger charge is 2.19. The van der Waals surface area contributed by atoms with E-state index in [1.54, 1.807) is 24.4 Å². The highest BCUT2D eigenvalue weighted by atomic mass is 35.5. The highest BCUT2D eigenvalue weighted by Crippen LogP contribution is 2.29. The number of amides is 1. The Hall–Kier alpha value is -3.23. The molecule has 2 aromatic carbocycles. The number of nitrogen functional groups attached to an aromatic ring is 1. The second-order valence-corrected chi connectivity index (χ2v) is 9.04. The topological polar surface area (TPSA) is 80.5 Å². The second-order valence-electron chi connectivity index (χ2n) is 8.66. The van der Waals surface area contributed by atoms with Crippen molar-refractivity contribution in [1.29, 1.82) is 0 Å². The van der Waals surface area contributed by atoms with Crippen molar-refractivity contribution in [3.63, 3.8) is 0 Å². The molecule has 0 spiro atoms. The minimum Gasteiger partial charge on any atom is -0.489 e. The zero-order chi connectivity index (χ0) is 24.9. The van der Waals surface area contributed by atoms with Gasteiger partial charge in [-0.15, -0.1) is 0 Å². The van der Waals surface area contributed by atoms with Gasteiger partial charge in [-0.2, -0.15) is 0 Å². The molecule has 3 aromatic rings. The Bertz CT molecular complexity index is 1220. The lowest BCUT2D eigenvalue weighted by Gasteiger charge is -2.29. The van der Waals surface area contributed by atoms with E-state index in [-0.39, 0.29) is 41.4 Å². The number of hydrogen-bond donors (Lipinski definition) is 2. The second kappa shape index (κ2) is 11.0. The van der Waals surface area contributed by atoms with Crippen LogP contribution in [0, 0.1) is 11.6 Å². The Labute approximate surface area is 208 Å². The van der Waals surface area contributed by atoms with E-state index in [0.717, 1.165) is 43.6 Å². The SMILES string of the molecule is CN1CCC(NC(=O)c2cccc(-c3cnc(N)c(OCCc4c(F)ccc(F)c4Cl)c3)c2)CC1. The number of nitrogens with one attached hydrogen (secondary N) is 1. The van der Waals surface area contributed by atoms with Crippen molar-refractivity contribution in [3.05, 3.63) is 76.4 Å². The molecule has 1 aliphatic rings. The Morgan fingerprint density at radius 3 is 2.69 bits per heavy atom. The van der Waals surface area contributed by atoms with E-state index in [1.165, 1.54) is 0 Å². The number of hydrogen-bond acceptors (Lipinski definition) is 5. The quantitative estimate of drug-likeness (QED) is 0.459. The molecule has 1 aliphatic heterocycles. The molecule has 1 saturated heterocycles. The molecule has 0 atom stereocenters. The number of pyridine rings is 1. The average molecular weight is 501 g/mol. The van der Waals surface area contributed by atoms with Crippen LogP contribution in [0.1, 0.15) is 28.8 Å². The first-order valence-corrected chi connectivity index (χ1v) is 11.8. The largest absolute Gasteiger partial charge is 0.489 e. The molecule has 0 saturated carbocycles. The maximum absolute atomic E-state index is 14.0. The smallest absolute Gasteiger partial charge is 0.251 e. The van der Waals surface area contributed by atoms with E-state index >= 15 is 0 Å². The number of carbonyl (C=O) groups is 1. The zero-order valence-corrected chi connectivity index (χ0v) is 20.1. The maximum Gasteiger partial charge on any atom is 0.251 e. The minimum atomic E-state index is -0.689. The van der Waals surface area contributed by atoms with Gasteiger partial charge in [0.2, 0.25) is 0 Å². The summed E-state index contributed by atoms with van der Waals surface area (Å²) in [6.07, 6.45) is 3.50. The van der Waals surface area contributed by atoms with Crippen LogP contribution in [0.25, 0.3) is 11.1 Å². The summed E-state index contributed by atoms with van der Waals surface area (Å²) in [7, 11) is 2.08. The Balaban J connectivity index is 1.44. The molecule has 0 unspecified atom stereocenters. The molecule has 2 heterocycles. The van der Waals surface area contributed by atoms with E-state index < -0.39 is 11.6 Å². The molecular weight excluding hydrogens is 474 g/mol. The van der Waals surface area contributed by atoms with Crippen LogP contribution in [-0.4, -0.2) is 48.6 Å². The summed E-state index contributed by atoms with van der Waals surface area (Å²) in [5.41, 5.74) is 8.03. The summed E-state index contributed by atoms with van der Waals surface area (Å²) in [4.78, 5) is 19.2. The monoisotopic (exact) mass is 500 g/mol. The summed E-state index contributed by atoms with van der Waals surface area (Å²) in [5.74, 6) is -0.941. The minimum absolute atomic E-state index is 0.0223. The first kappa shape index (κ1) is 24.9. The molecule has 0 aliphatic carbocycles. The normalized spacial score (nSPS) is 14.6.